The molecule has 2 aromatic carbocycles. The molecule has 1 aromatic heterocycles. The molecule has 2 unspecified atom stereocenters. The number of anilines is 3. The smallest absolute Gasteiger partial charge is 0.0571 e. The van der Waals surface area contributed by atoms with Crippen molar-refractivity contribution in [3.63, 3.8) is 0 Å². The molecule has 5 heteroatoms. The van der Waals surface area contributed by atoms with Gasteiger partial charge in [-0.3, -0.25) is 4.98 Å². The zero-order valence-corrected chi connectivity index (χ0v) is 17.3. The van der Waals surface area contributed by atoms with Gasteiger partial charge >= 0.3 is 0 Å². The first-order valence-electron chi connectivity index (χ1n) is 9.75. The maximum absolute atomic E-state index is 6.41. The number of aromatic nitrogens is 1. The molecule has 1 fully saturated rings. The van der Waals surface area contributed by atoms with Crippen LogP contribution in [0, 0.1) is 0 Å². The molecular formula is C23H22ClN3S. The minimum absolute atomic E-state index is 0.362. The highest BCUT2D eigenvalue weighted by Gasteiger charge is 2.37. The molecule has 2 aliphatic rings. The number of hydrogen-bond donors (Lipinski definition) is 0. The molecule has 1 saturated heterocycles. The van der Waals surface area contributed by atoms with Crippen molar-refractivity contribution in [2.45, 2.75) is 41.6 Å². The Morgan fingerprint density at radius 2 is 1.89 bits per heavy atom. The van der Waals surface area contributed by atoms with Gasteiger partial charge in [-0.1, -0.05) is 35.5 Å². The summed E-state index contributed by atoms with van der Waals surface area (Å²) in [6, 6.07) is 19.9. The van der Waals surface area contributed by atoms with Crippen molar-refractivity contribution in [1.82, 2.24) is 4.98 Å². The second kappa shape index (κ2) is 7.34. The van der Waals surface area contributed by atoms with Crippen molar-refractivity contribution in [1.29, 1.82) is 0 Å². The van der Waals surface area contributed by atoms with E-state index in [0.29, 0.717) is 12.1 Å². The van der Waals surface area contributed by atoms with Gasteiger partial charge in [-0.2, -0.15) is 0 Å². The Hall–Kier alpha value is -2.17. The highest BCUT2D eigenvalue weighted by atomic mass is 35.5. The van der Waals surface area contributed by atoms with Gasteiger partial charge in [0.2, 0.25) is 0 Å². The first kappa shape index (κ1) is 17.9. The summed E-state index contributed by atoms with van der Waals surface area (Å²) < 4.78 is 0. The van der Waals surface area contributed by atoms with Gasteiger partial charge in [0.15, 0.2) is 0 Å². The Morgan fingerprint density at radius 3 is 2.75 bits per heavy atom. The Balaban J connectivity index is 1.59. The Labute approximate surface area is 175 Å². The second-order valence-corrected chi connectivity index (χ2v) is 8.93. The molecule has 2 atom stereocenters. The predicted octanol–water partition coefficient (Wildman–Crippen LogP) is 6.40. The maximum atomic E-state index is 6.41. The number of piperidine rings is 1. The van der Waals surface area contributed by atoms with E-state index >= 15 is 0 Å². The van der Waals surface area contributed by atoms with Gasteiger partial charge in [-0.15, -0.1) is 0 Å². The average Bonchev–Trinajstić information content (AvgIpc) is 2.73. The van der Waals surface area contributed by atoms with Crippen molar-refractivity contribution < 1.29 is 0 Å². The van der Waals surface area contributed by atoms with Crippen LogP contribution in [0.15, 0.2) is 76.8 Å². The third-order valence-electron chi connectivity index (χ3n) is 5.78. The summed E-state index contributed by atoms with van der Waals surface area (Å²) in [7, 11) is 0. The van der Waals surface area contributed by atoms with Crippen molar-refractivity contribution in [2.75, 3.05) is 16.3 Å². The molecule has 0 bridgehead atoms. The number of hydrogen-bond acceptors (Lipinski definition) is 4. The molecule has 0 spiro atoms. The van der Waals surface area contributed by atoms with Gasteiger partial charge in [0, 0.05) is 33.6 Å². The van der Waals surface area contributed by atoms with E-state index in [1.807, 2.05) is 36.3 Å². The first-order chi connectivity index (χ1) is 13.7. The Bertz CT molecular complexity index is 994. The molecule has 0 saturated carbocycles. The van der Waals surface area contributed by atoms with Crippen molar-refractivity contribution in [2.24, 2.45) is 0 Å². The number of rotatable bonds is 2. The van der Waals surface area contributed by atoms with E-state index in [1.54, 1.807) is 0 Å². The van der Waals surface area contributed by atoms with Crippen LogP contribution in [0.25, 0.3) is 0 Å². The summed E-state index contributed by atoms with van der Waals surface area (Å²) in [5.41, 5.74) is 3.71. The normalized spacial score (nSPS) is 21.2. The summed E-state index contributed by atoms with van der Waals surface area (Å²) >= 11 is 8.25. The molecule has 3 nitrogen and oxygen atoms in total. The molecule has 2 aliphatic heterocycles. The van der Waals surface area contributed by atoms with Crippen LogP contribution < -0.4 is 9.80 Å². The SMILES string of the molecule is CC1C(N2c3ccccc3Sc3ccc(Cl)cc32)CCCN1c1cccnc1. The van der Waals surface area contributed by atoms with Crippen LogP contribution in [0.1, 0.15) is 19.8 Å². The Kier molecular flexibility index (Phi) is 4.69. The number of fused-ring (bicyclic) bond motifs is 2. The van der Waals surface area contributed by atoms with Crippen LogP contribution in [0.4, 0.5) is 17.1 Å². The molecule has 3 aromatic rings. The van der Waals surface area contributed by atoms with E-state index in [-0.39, 0.29) is 0 Å². The zero-order chi connectivity index (χ0) is 19.1. The average molecular weight is 408 g/mol. The largest absolute Gasteiger partial charge is 0.366 e. The van der Waals surface area contributed by atoms with Gasteiger partial charge in [0.05, 0.1) is 29.3 Å². The molecular weight excluding hydrogens is 386 g/mol. The predicted molar refractivity (Wildman–Crippen MR) is 118 cm³/mol. The van der Waals surface area contributed by atoms with Crippen LogP contribution in [0.2, 0.25) is 5.02 Å². The molecule has 28 heavy (non-hydrogen) atoms. The second-order valence-electron chi connectivity index (χ2n) is 7.41. The minimum Gasteiger partial charge on any atom is -0.366 e. The monoisotopic (exact) mass is 407 g/mol. The molecule has 3 heterocycles. The summed E-state index contributed by atoms with van der Waals surface area (Å²) in [5, 5.41) is 0.788. The van der Waals surface area contributed by atoms with E-state index < -0.39 is 0 Å². The van der Waals surface area contributed by atoms with Gasteiger partial charge in [-0.05, 0) is 62.2 Å². The summed E-state index contributed by atoms with van der Waals surface area (Å²) in [6.45, 7) is 3.40. The maximum Gasteiger partial charge on any atom is 0.0571 e. The van der Waals surface area contributed by atoms with E-state index in [2.05, 4.69) is 64.2 Å². The minimum atomic E-state index is 0.362. The Morgan fingerprint density at radius 1 is 1.04 bits per heavy atom. The number of benzene rings is 2. The fourth-order valence-corrected chi connectivity index (χ4v) is 5.69. The molecule has 0 N–H and O–H groups in total. The summed E-state index contributed by atoms with van der Waals surface area (Å²) in [4.78, 5) is 11.9. The summed E-state index contributed by atoms with van der Waals surface area (Å²) in [5.74, 6) is 0. The third-order valence-corrected chi connectivity index (χ3v) is 7.15. The third kappa shape index (κ3) is 3.05. The van der Waals surface area contributed by atoms with Crippen LogP contribution in [-0.4, -0.2) is 23.6 Å². The van der Waals surface area contributed by atoms with Crippen LogP contribution >= 0.6 is 23.4 Å². The van der Waals surface area contributed by atoms with Gasteiger partial charge in [0.1, 0.15) is 0 Å². The molecule has 5 rings (SSSR count). The van der Waals surface area contributed by atoms with Crippen LogP contribution in [0.3, 0.4) is 0 Å². The number of pyridine rings is 1. The van der Waals surface area contributed by atoms with Crippen LogP contribution in [-0.2, 0) is 0 Å². The van der Waals surface area contributed by atoms with Gasteiger partial charge in [0.25, 0.3) is 0 Å². The zero-order valence-electron chi connectivity index (χ0n) is 15.8. The number of para-hydroxylation sites is 1. The van der Waals surface area contributed by atoms with E-state index in [9.17, 15) is 0 Å². The highest BCUT2D eigenvalue weighted by molar-refractivity contribution is 7.99. The van der Waals surface area contributed by atoms with Crippen molar-refractivity contribution in [3.8, 4) is 0 Å². The quantitative estimate of drug-likeness (QED) is 0.489. The lowest BCUT2D eigenvalue weighted by molar-refractivity contribution is 0.413. The highest BCUT2D eigenvalue weighted by Crippen LogP contribution is 2.51. The topological polar surface area (TPSA) is 19.4 Å². The lowest BCUT2D eigenvalue weighted by atomic mass is 9.94. The number of nitrogens with zero attached hydrogens (tertiary/aromatic N) is 3. The molecule has 0 amide bonds. The lowest BCUT2D eigenvalue weighted by Gasteiger charge is -2.48. The number of halogens is 1. The lowest BCUT2D eigenvalue weighted by Crippen LogP contribution is -2.53. The van der Waals surface area contributed by atoms with E-state index in [1.165, 1.54) is 26.9 Å². The molecule has 142 valence electrons. The fourth-order valence-electron chi connectivity index (χ4n) is 4.47. The molecule has 0 aliphatic carbocycles. The van der Waals surface area contributed by atoms with Crippen LogP contribution in [0.5, 0.6) is 0 Å². The fraction of sp³-hybridized carbons (Fsp3) is 0.261. The van der Waals surface area contributed by atoms with Crippen molar-refractivity contribution >= 4 is 40.4 Å². The van der Waals surface area contributed by atoms with Gasteiger partial charge in [-0.25, -0.2) is 0 Å². The molecule has 0 radical (unpaired) electrons. The van der Waals surface area contributed by atoms with Crippen molar-refractivity contribution in [3.05, 3.63) is 72.0 Å². The van der Waals surface area contributed by atoms with E-state index in [4.69, 9.17) is 11.6 Å². The van der Waals surface area contributed by atoms with Gasteiger partial charge < -0.3 is 9.80 Å². The summed E-state index contributed by atoms with van der Waals surface area (Å²) in [6.07, 6.45) is 6.13. The van der Waals surface area contributed by atoms with E-state index in [0.717, 1.165) is 24.4 Å². The first-order valence-corrected chi connectivity index (χ1v) is 10.9. The standard InChI is InChI=1S/C23H22ClN3S/c1-16-19(8-5-13-26(16)18-6-4-12-25-15-18)27-20-7-2-3-9-22(20)28-23-11-10-17(24)14-21(23)27/h2-4,6-7,9-12,14-16,19H,5,8,13H2,1H3.